The number of hydrogen-bond donors (Lipinski definition) is 3. The Morgan fingerprint density at radius 3 is 2.50 bits per heavy atom. The van der Waals surface area contributed by atoms with Gasteiger partial charge < -0.3 is 20.5 Å². The number of aliphatic carboxylic acids is 1. The van der Waals surface area contributed by atoms with Gasteiger partial charge in [-0.1, -0.05) is 0 Å². The molecule has 0 aromatic carbocycles. The molecule has 1 aliphatic carbocycles. The lowest BCUT2D eigenvalue weighted by Crippen LogP contribution is -2.48. The van der Waals surface area contributed by atoms with Crippen molar-refractivity contribution in [2.24, 2.45) is 5.92 Å². The van der Waals surface area contributed by atoms with Gasteiger partial charge in [0, 0.05) is 12.6 Å². The molecule has 1 heterocycles. The maximum absolute atomic E-state index is 11.7. The summed E-state index contributed by atoms with van der Waals surface area (Å²) in [6, 6.07) is -0.146. The van der Waals surface area contributed by atoms with E-state index in [-0.39, 0.29) is 24.0 Å². The van der Waals surface area contributed by atoms with E-state index < -0.39 is 5.97 Å². The number of carboxylic acid groups (broad SMARTS) is 1. The Kier molecular flexibility index (Phi) is 4.41. The summed E-state index contributed by atoms with van der Waals surface area (Å²) in [4.78, 5) is 22.5. The van der Waals surface area contributed by atoms with Gasteiger partial charge in [-0.15, -0.1) is 0 Å². The average molecular weight is 256 g/mol. The third kappa shape index (κ3) is 3.60. The van der Waals surface area contributed by atoms with Crippen LogP contribution in [0.25, 0.3) is 0 Å². The van der Waals surface area contributed by atoms with Crippen molar-refractivity contribution in [1.82, 2.24) is 10.6 Å². The molecule has 0 bridgehead atoms. The number of rotatable bonds is 3. The van der Waals surface area contributed by atoms with Crippen LogP contribution in [0.1, 0.15) is 32.1 Å². The maximum atomic E-state index is 11.7. The van der Waals surface area contributed by atoms with Gasteiger partial charge >= 0.3 is 12.0 Å². The van der Waals surface area contributed by atoms with E-state index in [2.05, 4.69) is 10.6 Å². The van der Waals surface area contributed by atoms with E-state index in [1.165, 1.54) is 0 Å². The van der Waals surface area contributed by atoms with Crippen LogP contribution in [0, 0.1) is 5.92 Å². The third-order valence-electron chi connectivity index (χ3n) is 3.61. The van der Waals surface area contributed by atoms with Crippen LogP contribution in [0.5, 0.6) is 0 Å². The molecule has 102 valence electrons. The van der Waals surface area contributed by atoms with Crippen LogP contribution in [-0.4, -0.2) is 42.4 Å². The third-order valence-corrected chi connectivity index (χ3v) is 3.61. The fourth-order valence-corrected chi connectivity index (χ4v) is 2.60. The Balaban J connectivity index is 1.69. The number of carbonyl (C=O) groups excluding carboxylic acids is 1. The molecule has 2 rings (SSSR count). The van der Waals surface area contributed by atoms with Gasteiger partial charge in [-0.25, -0.2) is 4.79 Å². The van der Waals surface area contributed by atoms with Gasteiger partial charge in [0.2, 0.25) is 0 Å². The second-order valence-corrected chi connectivity index (χ2v) is 5.08. The minimum atomic E-state index is -0.764. The molecule has 1 saturated carbocycles. The van der Waals surface area contributed by atoms with Crippen LogP contribution in [0.15, 0.2) is 0 Å². The molecule has 0 aromatic rings. The normalized spacial score (nSPS) is 31.9. The van der Waals surface area contributed by atoms with Crippen LogP contribution < -0.4 is 10.6 Å². The average Bonchev–Trinajstić information content (AvgIpc) is 2.78. The van der Waals surface area contributed by atoms with Crippen LogP contribution in [0.3, 0.4) is 0 Å². The van der Waals surface area contributed by atoms with Crippen molar-refractivity contribution >= 4 is 12.0 Å². The Bertz CT molecular complexity index is 315. The maximum Gasteiger partial charge on any atom is 0.315 e. The van der Waals surface area contributed by atoms with E-state index >= 15 is 0 Å². The van der Waals surface area contributed by atoms with Crippen LogP contribution in [-0.2, 0) is 9.53 Å². The molecular formula is C12H20N2O4. The van der Waals surface area contributed by atoms with E-state index in [4.69, 9.17) is 9.84 Å². The van der Waals surface area contributed by atoms with E-state index in [9.17, 15) is 9.59 Å². The molecule has 0 radical (unpaired) electrons. The molecule has 2 fully saturated rings. The van der Waals surface area contributed by atoms with Gasteiger partial charge in [0.1, 0.15) is 0 Å². The van der Waals surface area contributed by atoms with Gasteiger partial charge in [-0.2, -0.15) is 0 Å². The lowest BCUT2D eigenvalue weighted by atomic mass is 10.1. The van der Waals surface area contributed by atoms with Crippen molar-refractivity contribution < 1.29 is 19.4 Å². The second-order valence-electron chi connectivity index (χ2n) is 5.08. The summed E-state index contributed by atoms with van der Waals surface area (Å²) in [5.74, 6) is -1.08. The summed E-state index contributed by atoms with van der Waals surface area (Å²) in [6.45, 7) is 1.33. The smallest absolute Gasteiger partial charge is 0.315 e. The first kappa shape index (κ1) is 13.1. The summed E-state index contributed by atoms with van der Waals surface area (Å²) >= 11 is 0. The van der Waals surface area contributed by atoms with E-state index in [1.54, 1.807) is 0 Å². The van der Waals surface area contributed by atoms with Crippen molar-refractivity contribution in [3.05, 3.63) is 0 Å². The highest BCUT2D eigenvalue weighted by atomic mass is 16.5. The summed E-state index contributed by atoms with van der Waals surface area (Å²) in [5, 5.41) is 14.6. The number of ether oxygens (including phenoxy) is 1. The van der Waals surface area contributed by atoms with E-state index in [0.717, 1.165) is 25.9 Å². The Hall–Kier alpha value is -1.30. The number of amides is 2. The zero-order chi connectivity index (χ0) is 13.0. The number of nitrogens with one attached hydrogen (secondary N) is 2. The second kappa shape index (κ2) is 6.04. The van der Waals surface area contributed by atoms with E-state index in [0.29, 0.717) is 19.4 Å². The number of carbonyl (C=O) groups is 2. The molecule has 0 spiro atoms. The van der Waals surface area contributed by atoms with Crippen LogP contribution >= 0.6 is 0 Å². The standard InChI is InChI=1S/C12H20N2O4/c15-11(16)8-3-4-9(6-8)13-12(17)14-10-2-1-5-18-7-10/h8-10H,1-7H2,(H,15,16)(H2,13,14,17). The van der Waals surface area contributed by atoms with Gasteiger partial charge in [-0.3, -0.25) is 4.79 Å². The van der Waals surface area contributed by atoms with Crippen molar-refractivity contribution in [1.29, 1.82) is 0 Å². The zero-order valence-electron chi connectivity index (χ0n) is 10.4. The van der Waals surface area contributed by atoms with Crippen LogP contribution in [0.4, 0.5) is 4.79 Å². The lowest BCUT2D eigenvalue weighted by Gasteiger charge is -2.24. The van der Waals surface area contributed by atoms with Crippen LogP contribution in [0.2, 0.25) is 0 Å². The minimum absolute atomic E-state index is 0.0180. The number of carboxylic acids is 1. The van der Waals surface area contributed by atoms with Crippen molar-refractivity contribution in [3.63, 3.8) is 0 Å². The van der Waals surface area contributed by atoms with Crippen molar-refractivity contribution in [3.8, 4) is 0 Å². The predicted octanol–water partition coefficient (Wildman–Crippen LogP) is 0.718. The molecule has 3 atom stereocenters. The van der Waals surface area contributed by atoms with Crippen molar-refractivity contribution in [2.45, 2.75) is 44.2 Å². The molecule has 2 aliphatic rings. The molecule has 6 nitrogen and oxygen atoms in total. The summed E-state index contributed by atoms with van der Waals surface area (Å²) in [5.41, 5.74) is 0. The highest BCUT2D eigenvalue weighted by Crippen LogP contribution is 2.25. The Labute approximate surface area is 106 Å². The van der Waals surface area contributed by atoms with Gasteiger partial charge in [0.15, 0.2) is 0 Å². The largest absolute Gasteiger partial charge is 0.481 e. The molecule has 3 N–H and O–H groups in total. The Morgan fingerprint density at radius 1 is 1.11 bits per heavy atom. The monoisotopic (exact) mass is 256 g/mol. The number of urea groups is 1. The van der Waals surface area contributed by atoms with Gasteiger partial charge in [-0.05, 0) is 32.1 Å². The van der Waals surface area contributed by atoms with Crippen molar-refractivity contribution in [2.75, 3.05) is 13.2 Å². The topological polar surface area (TPSA) is 87.7 Å². The highest BCUT2D eigenvalue weighted by molar-refractivity contribution is 5.75. The summed E-state index contributed by atoms with van der Waals surface area (Å²) in [6.07, 6.45) is 3.83. The molecule has 6 heteroatoms. The molecule has 1 saturated heterocycles. The molecule has 0 aromatic heterocycles. The lowest BCUT2D eigenvalue weighted by molar-refractivity contribution is -0.141. The van der Waals surface area contributed by atoms with Gasteiger partial charge in [0.25, 0.3) is 0 Å². The predicted molar refractivity (Wildman–Crippen MR) is 64.3 cm³/mol. The summed E-state index contributed by atoms with van der Waals surface area (Å²) in [7, 11) is 0. The van der Waals surface area contributed by atoms with Gasteiger partial charge in [0.05, 0.1) is 18.6 Å². The first-order valence-electron chi connectivity index (χ1n) is 6.52. The number of hydrogen-bond acceptors (Lipinski definition) is 3. The molecule has 2 amide bonds. The highest BCUT2D eigenvalue weighted by Gasteiger charge is 2.30. The fourth-order valence-electron chi connectivity index (χ4n) is 2.60. The SMILES string of the molecule is O=C(NC1CCCOC1)NC1CCC(C(=O)O)C1. The first-order chi connectivity index (χ1) is 8.65. The Morgan fingerprint density at radius 2 is 1.89 bits per heavy atom. The first-order valence-corrected chi connectivity index (χ1v) is 6.52. The molecule has 1 aliphatic heterocycles. The summed E-state index contributed by atoms with van der Waals surface area (Å²) < 4.78 is 5.28. The quantitative estimate of drug-likeness (QED) is 0.694. The molecule has 18 heavy (non-hydrogen) atoms. The molecular weight excluding hydrogens is 236 g/mol. The minimum Gasteiger partial charge on any atom is -0.481 e. The van der Waals surface area contributed by atoms with E-state index in [1.807, 2.05) is 0 Å². The molecule has 3 unspecified atom stereocenters. The fraction of sp³-hybridized carbons (Fsp3) is 0.833. The zero-order valence-corrected chi connectivity index (χ0v) is 10.4.